The number of nitrogens with two attached hydrogens (primary N) is 1. The highest BCUT2D eigenvalue weighted by molar-refractivity contribution is 5.84. The average molecular weight is 514 g/mol. The first-order valence-corrected chi connectivity index (χ1v) is 14.0. The van der Waals surface area contributed by atoms with Gasteiger partial charge in [0.05, 0.1) is 6.33 Å². The Hall–Kier alpha value is -2.66. The van der Waals surface area contributed by atoms with Crippen LogP contribution in [0.4, 0.5) is 16.6 Å². The maximum atomic E-state index is 12.1. The van der Waals surface area contributed by atoms with Crippen LogP contribution in [0.3, 0.4) is 0 Å². The molecule has 0 aromatic carbocycles. The summed E-state index contributed by atoms with van der Waals surface area (Å²) in [6.45, 7) is 7.13. The zero-order valence-corrected chi connectivity index (χ0v) is 22.5. The van der Waals surface area contributed by atoms with Crippen molar-refractivity contribution in [1.29, 1.82) is 0 Å². The fourth-order valence-corrected chi connectivity index (χ4v) is 5.71. The molecule has 0 atom stereocenters. The van der Waals surface area contributed by atoms with Crippen LogP contribution in [0.5, 0.6) is 0 Å². The molecule has 5 rings (SSSR count). The average Bonchev–Trinajstić information content (AvgIpc) is 3.51. The van der Waals surface area contributed by atoms with Crippen LogP contribution < -0.4 is 21.7 Å². The third kappa shape index (κ3) is 6.62. The van der Waals surface area contributed by atoms with Crippen molar-refractivity contribution in [1.82, 2.24) is 29.9 Å². The SMILES string of the molecule is CC(C)(C)NC(=O)ON1CCC(Nc2nc(N[C@H]3CC[C@H](N)CC3)nc3c2ncn3C2CCCC2)CC1. The van der Waals surface area contributed by atoms with Crippen molar-refractivity contribution in [3.63, 3.8) is 0 Å². The van der Waals surface area contributed by atoms with Crippen molar-refractivity contribution in [2.45, 2.75) is 115 Å². The lowest BCUT2D eigenvalue weighted by Gasteiger charge is -2.32. The Kier molecular flexibility index (Phi) is 7.71. The fraction of sp³-hybridized carbons (Fsp3) is 0.769. The van der Waals surface area contributed by atoms with Gasteiger partial charge in [-0.2, -0.15) is 9.97 Å². The Bertz CT molecular complexity index is 1060. The molecule has 1 amide bonds. The lowest BCUT2D eigenvalue weighted by molar-refractivity contribution is -0.113. The summed E-state index contributed by atoms with van der Waals surface area (Å²) in [5.41, 5.74) is 7.52. The van der Waals surface area contributed by atoms with E-state index in [0.717, 1.165) is 55.5 Å². The molecule has 0 radical (unpaired) electrons. The van der Waals surface area contributed by atoms with E-state index < -0.39 is 6.09 Å². The molecule has 2 aromatic heterocycles. The van der Waals surface area contributed by atoms with E-state index in [1.165, 1.54) is 25.7 Å². The van der Waals surface area contributed by atoms with Gasteiger partial charge in [0, 0.05) is 42.8 Å². The summed E-state index contributed by atoms with van der Waals surface area (Å²) in [6, 6.07) is 1.30. The first kappa shape index (κ1) is 26.0. The van der Waals surface area contributed by atoms with E-state index in [9.17, 15) is 4.79 Å². The van der Waals surface area contributed by atoms with Gasteiger partial charge in [0.25, 0.3) is 0 Å². The second kappa shape index (κ2) is 11.0. The van der Waals surface area contributed by atoms with Crippen LogP contribution in [-0.2, 0) is 4.84 Å². The quantitative estimate of drug-likeness (QED) is 0.453. The molecule has 0 spiro atoms. The Morgan fingerprint density at radius 3 is 2.32 bits per heavy atom. The number of aromatic nitrogens is 4. The van der Waals surface area contributed by atoms with E-state index in [1.807, 2.05) is 27.1 Å². The molecular formula is C26H43N9O2. The first-order chi connectivity index (χ1) is 17.7. The number of anilines is 2. The van der Waals surface area contributed by atoms with Gasteiger partial charge in [-0.3, -0.25) is 0 Å². The number of imidazole rings is 1. The van der Waals surface area contributed by atoms with Crippen LogP contribution >= 0.6 is 0 Å². The molecule has 3 heterocycles. The van der Waals surface area contributed by atoms with Crippen LogP contribution in [-0.4, -0.2) is 67.4 Å². The molecular weight excluding hydrogens is 470 g/mol. The van der Waals surface area contributed by atoms with Gasteiger partial charge in [-0.15, -0.1) is 5.06 Å². The summed E-state index contributed by atoms with van der Waals surface area (Å²) in [5.74, 6) is 1.44. The number of nitrogens with zero attached hydrogens (tertiary/aromatic N) is 5. The summed E-state index contributed by atoms with van der Waals surface area (Å²) in [7, 11) is 0. The van der Waals surface area contributed by atoms with Gasteiger partial charge in [0.1, 0.15) is 0 Å². The number of rotatable bonds is 6. The molecule has 11 heteroatoms. The lowest BCUT2D eigenvalue weighted by Crippen LogP contribution is -2.46. The lowest BCUT2D eigenvalue weighted by atomic mass is 9.92. The van der Waals surface area contributed by atoms with Crippen molar-refractivity contribution < 1.29 is 9.63 Å². The highest BCUT2D eigenvalue weighted by Crippen LogP contribution is 2.34. The molecule has 3 aliphatic rings. The summed E-state index contributed by atoms with van der Waals surface area (Å²) < 4.78 is 2.25. The highest BCUT2D eigenvalue weighted by atomic mass is 16.7. The Labute approximate surface area is 219 Å². The minimum Gasteiger partial charge on any atom is -0.365 e. The zero-order chi connectivity index (χ0) is 26.0. The largest absolute Gasteiger partial charge is 0.426 e. The minimum absolute atomic E-state index is 0.209. The molecule has 1 saturated heterocycles. The van der Waals surface area contributed by atoms with Crippen molar-refractivity contribution >= 4 is 29.0 Å². The number of carbonyl (C=O) groups is 1. The highest BCUT2D eigenvalue weighted by Gasteiger charge is 2.27. The Morgan fingerprint density at radius 2 is 1.65 bits per heavy atom. The number of carbonyl (C=O) groups excluding carboxylic acids is 1. The number of hydroxylamine groups is 2. The molecule has 11 nitrogen and oxygen atoms in total. The van der Waals surface area contributed by atoms with Gasteiger partial charge in [-0.05, 0) is 72.1 Å². The van der Waals surface area contributed by atoms with Gasteiger partial charge in [-0.1, -0.05) is 12.8 Å². The standard InChI is InChI=1S/C26H43N9O2/c1-26(2,3)33-25(36)37-34-14-12-19(13-15-34)29-22-21-23(35(16-28-21)20-6-4-5-7-20)32-24(31-22)30-18-10-8-17(27)9-11-18/h16-20H,4-15,27H2,1-3H3,(H,33,36)(H2,29,30,31,32)/t17-,18-. The molecule has 2 aliphatic carbocycles. The van der Waals surface area contributed by atoms with Crippen LogP contribution in [0.2, 0.25) is 0 Å². The van der Waals surface area contributed by atoms with Crippen LogP contribution in [0, 0.1) is 0 Å². The zero-order valence-electron chi connectivity index (χ0n) is 22.5. The van der Waals surface area contributed by atoms with Gasteiger partial charge in [-0.25, -0.2) is 9.78 Å². The molecule has 204 valence electrons. The van der Waals surface area contributed by atoms with E-state index in [0.29, 0.717) is 37.2 Å². The van der Waals surface area contributed by atoms with E-state index in [4.69, 9.17) is 25.5 Å². The van der Waals surface area contributed by atoms with Crippen LogP contribution in [0.1, 0.15) is 91.0 Å². The second-order valence-electron chi connectivity index (χ2n) is 12.0. The molecule has 2 aromatic rings. The predicted molar refractivity (Wildman–Crippen MR) is 144 cm³/mol. The normalized spacial score (nSPS) is 24.3. The van der Waals surface area contributed by atoms with Crippen LogP contribution in [0.15, 0.2) is 6.33 Å². The van der Waals surface area contributed by atoms with Crippen molar-refractivity contribution in [2.75, 3.05) is 23.7 Å². The summed E-state index contributed by atoms with van der Waals surface area (Å²) in [5, 5.41) is 11.8. The van der Waals surface area contributed by atoms with Gasteiger partial charge in [0.2, 0.25) is 5.95 Å². The fourth-order valence-electron chi connectivity index (χ4n) is 5.71. The minimum atomic E-state index is -0.409. The maximum Gasteiger partial charge on any atom is 0.426 e. The number of amides is 1. The summed E-state index contributed by atoms with van der Waals surface area (Å²) in [6.07, 6.45) is 12.2. The molecule has 2 saturated carbocycles. The van der Waals surface area contributed by atoms with Crippen LogP contribution in [0.25, 0.3) is 11.2 Å². The topological polar surface area (TPSA) is 135 Å². The number of piperidine rings is 1. The van der Waals surface area contributed by atoms with Crippen molar-refractivity contribution in [2.24, 2.45) is 5.73 Å². The third-order valence-corrected chi connectivity index (χ3v) is 7.73. The molecule has 3 fully saturated rings. The second-order valence-corrected chi connectivity index (χ2v) is 12.0. The Morgan fingerprint density at radius 1 is 0.973 bits per heavy atom. The molecule has 0 bridgehead atoms. The summed E-state index contributed by atoms with van der Waals surface area (Å²) >= 11 is 0. The number of hydrogen-bond donors (Lipinski definition) is 4. The predicted octanol–water partition coefficient (Wildman–Crippen LogP) is 3.94. The molecule has 5 N–H and O–H groups in total. The Balaban J connectivity index is 1.29. The molecule has 1 aliphatic heterocycles. The monoisotopic (exact) mass is 513 g/mol. The maximum absolute atomic E-state index is 12.1. The number of nitrogens with one attached hydrogen (secondary N) is 3. The van der Waals surface area contributed by atoms with E-state index in [-0.39, 0.29) is 11.6 Å². The molecule has 0 unspecified atom stereocenters. The van der Waals surface area contributed by atoms with E-state index in [1.54, 1.807) is 5.06 Å². The van der Waals surface area contributed by atoms with Crippen molar-refractivity contribution in [3.8, 4) is 0 Å². The summed E-state index contributed by atoms with van der Waals surface area (Å²) in [4.78, 5) is 32.3. The number of hydrogen-bond acceptors (Lipinski definition) is 9. The van der Waals surface area contributed by atoms with E-state index in [2.05, 4.69) is 20.5 Å². The van der Waals surface area contributed by atoms with E-state index >= 15 is 0 Å². The van der Waals surface area contributed by atoms with Gasteiger partial charge >= 0.3 is 6.09 Å². The third-order valence-electron chi connectivity index (χ3n) is 7.73. The van der Waals surface area contributed by atoms with Gasteiger partial charge < -0.3 is 31.1 Å². The first-order valence-electron chi connectivity index (χ1n) is 14.0. The molecule has 37 heavy (non-hydrogen) atoms. The smallest absolute Gasteiger partial charge is 0.365 e. The van der Waals surface area contributed by atoms with Gasteiger partial charge in [0.15, 0.2) is 17.0 Å². The number of fused-ring (bicyclic) bond motifs is 1. The van der Waals surface area contributed by atoms with Crippen molar-refractivity contribution in [3.05, 3.63) is 6.33 Å².